The second-order valence-electron chi connectivity index (χ2n) is 4.68. The van der Waals surface area contributed by atoms with E-state index in [-0.39, 0.29) is 11.8 Å². The first-order valence-corrected chi connectivity index (χ1v) is 6.59. The molecule has 0 saturated carbocycles. The SMILES string of the molecule is CC(Nc1cccnc1-n1cncn1)c1cccc(O)c1. The van der Waals surface area contributed by atoms with Crippen LogP contribution >= 0.6 is 0 Å². The number of nitrogens with one attached hydrogen (secondary N) is 1. The Bertz CT molecular complexity index is 726. The standard InChI is InChI=1S/C15H15N5O/c1-11(12-4-2-5-13(21)8-12)19-14-6-3-7-17-15(14)20-10-16-9-18-20/h2-11,19,21H,1H3. The van der Waals surface area contributed by atoms with Gasteiger partial charge < -0.3 is 10.4 Å². The molecule has 0 spiro atoms. The van der Waals surface area contributed by atoms with Crippen LogP contribution in [0.1, 0.15) is 18.5 Å². The van der Waals surface area contributed by atoms with Gasteiger partial charge in [0.15, 0.2) is 5.82 Å². The van der Waals surface area contributed by atoms with Gasteiger partial charge in [-0.05, 0) is 36.8 Å². The maximum Gasteiger partial charge on any atom is 0.178 e. The van der Waals surface area contributed by atoms with E-state index in [2.05, 4.69) is 20.4 Å². The Balaban J connectivity index is 1.88. The molecule has 21 heavy (non-hydrogen) atoms. The third-order valence-electron chi connectivity index (χ3n) is 3.16. The van der Waals surface area contributed by atoms with E-state index < -0.39 is 0 Å². The van der Waals surface area contributed by atoms with Crippen molar-refractivity contribution in [1.29, 1.82) is 0 Å². The molecular formula is C15H15N5O. The molecule has 6 nitrogen and oxygen atoms in total. The first-order chi connectivity index (χ1) is 10.2. The first kappa shape index (κ1) is 13.1. The summed E-state index contributed by atoms with van der Waals surface area (Å²) in [5, 5.41) is 17.1. The number of rotatable bonds is 4. The van der Waals surface area contributed by atoms with Crippen LogP contribution in [-0.2, 0) is 0 Å². The van der Waals surface area contributed by atoms with E-state index in [4.69, 9.17) is 0 Å². The first-order valence-electron chi connectivity index (χ1n) is 6.59. The molecule has 2 aromatic heterocycles. The third kappa shape index (κ3) is 2.84. The number of nitrogens with zero attached hydrogens (tertiary/aromatic N) is 4. The fourth-order valence-electron chi connectivity index (χ4n) is 2.12. The molecule has 0 radical (unpaired) electrons. The van der Waals surface area contributed by atoms with Crippen molar-refractivity contribution in [3.63, 3.8) is 0 Å². The zero-order valence-electron chi connectivity index (χ0n) is 11.5. The van der Waals surface area contributed by atoms with E-state index in [1.54, 1.807) is 29.3 Å². The van der Waals surface area contributed by atoms with E-state index in [0.29, 0.717) is 5.82 Å². The quantitative estimate of drug-likeness (QED) is 0.768. The average molecular weight is 281 g/mol. The van der Waals surface area contributed by atoms with Crippen molar-refractivity contribution in [2.24, 2.45) is 0 Å². The number of hydrogen-bond donors (Lipinski definition) is 2. The molecule has 0 aliphatic heterocycles. The van der Waals surface area contributed by atoms with Crippen LogP contribution in [0, 0.1) is 0 Å². The lowest BCUT2D eigenvalue weighted by Gasteiger charge is -2.17. The molecule has 0 fully saturated rings. The van der Waals surface area contributed by atoms with Gasteiger partial charge in [-0.2, -0.15) is 5.10 Å². The highest BCUT2D eigenvalue weighted by molar-refractivity contribution is 5.57. The van der Waals surface area contributed by atoms with Gasteiger partial charge in [-0.25, -0.2) is 14.6 Å². The van der Waals surface area contributed by atoms with E-state index in [1.807, 2.05) is 31.2 Å². The van der Waals surface area contributed by atoms with Crippen LogP contribution in [0.2, 0.25) is 0 Å². The fraction of sp³-hybridized carbons (Fsp3) is 0.133. The van der Waals surface area contributed by atoms with Gasteiger partial charge in [0.05, 0.1) is 5.69 Å². The summed E-state index contributed by atoms with van der Waals surface area (Å²) in [7, 11) is 0. The molecule has 0 aliphatic rings. The topological polar surface area (TPSA) is 75.9 Å². The summed E-state index contributed by atoms with van der Waals surface area (Å²) >= 11 is 0. The van der Waals surface area contributed by atoms with Gasteiger partial charge in [0.25, 0.3) is 0 Å². The van der Waals surface area contributed by atoms with Crippen molar-refractivity contribution < 1.29 is 5.11 Å². The number of phenols is 1. The number of aromatic nitrogens is 4. The summed E-state index contributed by atoms with van der Waals surface area (Å²) in [5.74, 6) is 0.936. The molecule has 0 aliphatic carbocycles. The number of aromatic hydroxyl groups is 1. The molecule has 1 aromatic carbocycles. The Labute approximate surface area is 122 Å². The largest absolute Gasteiger partial charge is 0.508 e. The average Bonchev–Trinajstić information content (AvgIpc) is 3.02. The van der Waals surface area contributed by atoms with Gasteiger partial charge in [0, 0.05) is 12.2 Å². The molecule has 2 N–H and O–H groups in total. The Kier molecular flexibility index (Phi) is 3.51. The summed E-state index contributed by atoms with van der Waals surface area (Å²) in [6.45, 7) is 2.02. The van der Waals surface area contributed by atoms with Crippen LogP contribution in [0.25, 0.3) is 5.82 Å². The Morgan fingerprint density at radius 1 is 1.24 bits per heavy atom. The minimum atomic E-state index is 0.0172. The third-order valence-corrected chi connectivity index (χ3v) is 3.16. The minimum absolute atomic E-state index is 0.0172. The van der Waals surface area contributed by atoms with Crippen LogP contribution in [0.3, 0.4) is 0 Å². The smallest absolute Gasteiger partial charge is 0.178 e. The van der Waals surface area contributed by atoms with Crippen LogP contribution < -0.4 is 5.32 Å². The Morgan fingerprint density at radius 3 is 2.90 bits per heavy atom. The van der Waals surface area contributed by atoms with Gasteiger partial charge in [0.1, 0.15) is 18.4 Å². The molecule has 0 bridgehead atoms. The highest BCUT2D eigenvalue weighted by Gasteiger charge is 2.11. The van der Waals surface area contributed by atoms with Gasteiger partial charge in [-0.1, -0.05) is 12.1 Å². The van der Waals surface area contributed by atoms with E-state index in [0.717, 1.165) is 11.3 Å². The van der Waals surface area contributed by atoms with Crippen LogP contribution in [0.5, 0.6) is 5.75 Å². The zero-order valence-corrected chi connectivity index (χ0v) is 11.5. The molecule has 3 rings (SSSR count). The molecule has 2 heterocycles. The highest BCUT2D eigenvalue weighted by Crippen LogP contribution is 2.24. The predicted molar refractivity (Wildman–Crippen MR) is 79.3 cm³/mol. The number of hydrogen-bond acceptors (Lipinski definition) is 5. The number of pyridine rings is 1. The summed E-state index contributed by atoms with van der Waals surface area (Å²) in [6, 6.07) is 11.0. The van der Waals surface area contributed by atoms with E-state index in [9.17, 15) is 5.11 Å². The molecule has 1 atom stereocenters. The highest BCUT2D eigenvalue weighted by atomic mass is 16.3. The maximum absolute atomic E-state index is 9.57. The van der Waals surface area contributed by atoms with Crippen molar-refractivity contribution in [1.82, 2.24) is 19.7 Å². The van der Waals surface area contributed by atoms with Crippen LogP contribution in [-0.4, -0.2) is 24.9 Å². The van der Waals surface area contributed by atoms with Crippen molar-refractivity contribution in [2.45, 2.75) is 13.0 Å². The molecule has 1 unspecified atom stereocenters. The number of phenolic OH excluding ortho intramolecular Hbond substituents is 1. The van der Waals surface area contributed by atoms with Crippen molar-refractivity contribution in [3.05, 3.63) is 60.8 Å². The van der Waals surface area contributed by atoms with Crippen molar-refractivity contribution >= 4 is 5.69 Å². The van der Waals surface area contributed by atoms with Gasteiger partial charge in [-0.15, -0.1) is 0 Å². The predicted octanol–water partition coefficient (Wildman–Crippen LogP) is 2.54. The van der Waals surface area contributed by atoms with Gasteiger partial charge in [-0.3, -0.25) is 0 Å². The van der Waals surface area contributed by atoms with Gasteiger partial charge >= 0.3 is 0 Å². The molecule has 6 heteroatoms. The molecular weight excluding hydrogens is 266 g/mol. The summed E-state index contributed by atoms with van der Waals surface area (Å²) < 4.78 is 1.61. The second kappa shape index (κ2) is 5.62. The summed E-state index contributed by atoms with van der Waals surface area (Å²) in [5.41, 5.74) is 1.84. The Morgan fingerprint density at radius 2 is 2.14 bits per heavy atom. The van der Waals surface area contributed by atoms with Crippen LogP contribution in [0.4, 0.5) is 5.69 Å². The lowest BCUT2D eigenvalue weighted by molar-refractivity contribution is 0.474. The lowest BCUT2D eigenvalue weighted by atomic mass is 10.1. The zero-order chi connectivity index (χ0) is 14.7. The molecule has 0 amide bonds. The fourth-order valence-corrected chi connectivity index (χ4v) is 2.12. The van der Waals surface area contributed by atoms with E-state index in [1.165, 1.54) is 6.33 Å². The lowest BCUT2D eigenvalue weighted by Crippen LogP contribution is -2.10. The molecule has 106 valence electrons. The monoisotopic (exact) mass is 281 g/mol. The summed E-state index contributed by atoms with van der Waals surface area (Å²) in [4.78, 5) is 8.27. The summed E-state index contributed by atoms with van der Waals surface area (Å²) in [6.07, 6.45) is 4.78. The normalized spacial score (nSPS) is 12.0. The number of anilines is 1. The van der Waals surface area contributed by atoms with Gasteiger partial charge in [0.2, 0.25) is 0 Å². The second-order valence-corrected chi connectivity index (χ2v) is 4.68. The Hall–Kier alpha value is -2.89. The number of benzene rings is 1. The van der Waals surface area contributed by atoms with Crippen molar-refractivity contribution in [2.75, 3.05) is 5.32 Å². The maximum atomic E-state index is 9.57. The van der Waals surface area contributed by atoms with E-state index >= 15 is 0 Å². The van der Waals surface area contributed by atoms with Crippen LogP contribution in [0.15, 0.2) is 55.2 Å². The minimum Gasteiger partial charge on any atom is -0.508 e. The van der Waals surface area contributed by atoms with Crippen molar-refractivity contribution in [3.8, 4) is 11.6 Å². The molecule has 0 saturated heterocycles. The molecule has 3 aromatic rings.